The Morgan fingerprint density at radius 2 is 1.30 bits per heavy atom. The molecule has 0 saturated carbocycles. The predicted molar refractivity (Wildman–Crippen MR) is 90.1 cm³/mol. The van der Waals surface area contributed by atoms with Crippen LogP contribution in [0.3, 0.4) is 0 Å². The van der Waals surface area contributed by atoms with Crippen LogP contribution in [0, 0.1) is 0 Å². The van der Waals surface area contributed by atoms with Gasteiger partial charge in [-0.05, 0) is 23.3 Å². The normalized spacial score (nSPS) is 20.2. The van der Waals surface area contributed by atoms with Crippen LogP contribution < -0.4 is 4.90 Å². The van der Waals surface area contributed by atoms with Gasteiger partial charge in [0.2, 0.25) is 5.91 Å². The molecule has 1 amide bonds. The molecule has 2 unspecified atom stereocenters. The van der Waals surface area contributed by atoms with E-state index in [0.29, 0.717) is 0 Å². The van der Waals surface area contributed by atoms with Gasteiger partial charge in [-0.15, -0.1) is 0 Å². The molecule has 3 heteroatoms. The van der Waals surface area contributed by atoms with E-state index >= 15 is 0 Å². The van der Waals surface area contributed by atoms with E-state index < -0.39 is 0 Å². The minimum absolute atomic E-state index is 0.0218. The van der Waals surface area contributed by atoms with Gasteiger partial charge in [0.25, 0.3) is 0 Å². The van der Waals surface area contributed by atoms with Crippen molar-refractivity contribution in [2.24, 2.45) is 0 Å². The van der Waals surface area contributed by atoms with Crippen LogP contribution in [0.1, 0.15) is 23.1 Å². The average molecular weight is 300 g/mol. The fourth-order valence-electron chi connectivity index (χ4n) is 3.26. The maximum absolute atomic E-state index is 12.9. The fraction of sp³-hybridized carbons (Fsp3) is 0.100. The summed E-state index contributed by atoms with van der Waals surface area (Å²) in [5, 5.41) is 0. The predicted octanol–water partition coefficient (Wildman–Crippen LogP) is 3.95. The molecule has 2 atom stereocenters. The van der Waals surface area contributed by atoms with E-state index in [1.807, 2.05) is 65.6 Å². The van der Waals surface area contributed by atoms with E-state index in [1.165, 1.54) is 0 Å². The minimum Gasteiger partial charge on any atom is -0.303 e. The number of β-lactam (4-membered cyclic amide) rings is 1. The Labute approximate surface area is 135 Å². The summed E-state index contributed by atoms with van der Waals surface area (Å²) in [6.45, 7) is 0. The fourth-order valence-corrected chi connectivity index (χ4v) is 3.26. The monoisotopic (exact) mass is 300 g/mol. The zero-order chi connectivity index (χ0) is 15.6. The molecule has 0 radical (unpaired) electrons. The van der Waals surface area contributed by atoms with Crippen molar-refractivity contribution in [2.75, 3.05) is 4.90 Å². The third-order valence-electron chi connectivity index (χ3n) is 4.34. The van der Waals surface area contributed by atoms with E-state index in [9.17, 15) is 4.79 Å². The largest absolute Gasteiger partial charge is 0.303 e. The number of benzene rings is 2. The van der Waals surface area contributed by atoms with Gasteiger partial charge in [-0.1, -0.05) is 60.7 Å². The highest BCUT2D eigenvalue weighted by molar-refractivity contribution is 6.06. The number of hydrogen-bond acceptors (Lipinski definition) is 2. The number of aromatic nitrogens is 1. The number of rotatable bonds is 3. The summed E-state index contributed by atoms with van der Waals surface area (Å²) in [7, 11) is 0. The van der Waals surface area contributed by atoms with Crippen LogP contribution in [0.2, 0.25) is 0 Å². The van der Waals surface area contributed by atoms with E-state index in [1.54, 1.807) is 12.4 Å². The van der Waals surface area contributed by atoms with Gasteiger partial charge in [0.15, 0.2) is 0 Å². The van der Waals surface area contributed by atoms with Crippen LogP contribution in [-0.2, 0) is 4.79 Å². The van der Waals surface area contributed by atoms with Gasteiger partial charge >= 0.3 is 0 Å². The summed E-state index contributed by atoms with van der Waals surface area (Å²) < 4.78 is 0. The number of hydrogen-bond donors (Lipinski definition) is 0. The second kappa shape index (κ2) is 5.69. The Morgan fingerprint density at radius 1 is 0.739 bits per heavy atom. The summed E-state index contributed by atoms with van der Waals surface area (Å²) in [5.41, 5.74) is 3.11. The van der Waals surface area contributed by atoms with Crippen LogP contribution in [-0.4, -0.2) is 10.9 Å². The molecule has 0 N–H and O–H groups in total. The number of nitrogens with zero attached hydrogens (tertiary/aromatic N) is 2. The van der Waals surface area contributed by atoms with Gasteiger partial charge in [-0.25, -0.2) is 0 Å². The van der Waals surface area contributed by atoms with Gasteiger partial charge in [0.1, 0.15) is 0 Å². The maximum atomic E-state index is 12.9. The molecular formula is C20H16N2O. The molecule has 3 nitrogen and oxygen atoms in total. The van der Waals surface area contributed by atoms with Crippen molar-refractivity contribution >= 4 is 11.6 Å². The van der Waals surface area contributed by atoms with Crippen molar-refractivity contribution in [3.8, 4) is 0 Å². The first kappa shape index (κ1) is 13.7. The summed E-state index contributed by atoms with van der Waals surface area (Å²) in [5.74, 6) is 0.00279. The zero-order valence-corrected chi connectivity index (χ0v) is 12.5. The minimum atomic E-state index is -0.133. The molecule has 1 fully saturated rings. The SMILES string of the molecule is O=C1C(c2ccccc2)C(c2ccccc2)N1c1ccncc1. The Bertz CT molecular complexity index is 753. The molecule has 0 aliphatic carbocycles. The number of carbonyl (C=O) groups is 1. The van der Waals surface area contributed by atoms with Crippen molar-refractivity contribution in [1.29, 1.82) is 0 Å². The molecule has 2 aromatic carbocycles. The first-order valence-corrected chi connectivity index (χ1v) is 7.69. The van der Waals surface area contributed by atoms with Crippen molar-refractivity contribution in [3.05, 3.63) is 96.3 Å². The summed E-state index contributed by atoms with van der Waals surface area (Å²) in [6, 6.07) is 24.0. The second-order valence-corrected chi connectivity index (χ2v) is 5.66. The van der Waals surface area contributed by atoms with Crippen molar-refractivity contribution in [3.63, 3.8) is 0 Å². The van der Waals surface area contributed by atoms with Gasteiger partial charge in [-0.2, -0.15) is 0 Å². The van der Waals surface area contributed by atoms with E-state index in [-0.39, 0.29) is 17.9 Å². The quantitative estimate of drug-likeness (QED) is 0.686. The molecule has 3 aromatic rings. The Hall–Kier alpha value is -2.94. The van der Waals surface area contributed by atoms with Crippen molar-refractivity contribution in [1.82, 2.24) is 4.98 Å². The Morgan fingerprint density at radius 3 is 1.91 bits per heavy atom. The Kier molecular flexibility index (Phi) is 3.39. The van der Waals surface area contributed by atoms with Crippen molar-refractivity contribution < 1.29 is 4.79 Å². The lowest BCUT2D eigenvalue weighted by Crippen LogP contribution is -2.53. The van der Waals surface area contributed by atoms with Gasteiger partial charge in [-0.3, -0.25) is 9.78 Å². The van der Waals surface area contributed by atoms with E-state index in [4.69, 9.17) is 0 Å². The number of amides is 1. The molecule has 1 aromatic heterocycles. The molecular weight excluding hydrogens is 284 g/mol. The van der Waals surface area contributed by atoms with Crippen LogP contribution in [0.5, 0.6) is 0 Å². The molecule has 1 aliphatic rings. The molecule has 0 spiro atoms. The van der Waals surface area contributed by atoms with Gasteiger partial charge in [0, 0.05) is 18.1 Å². The standard InChI is InChI=1S/C20H16N2O/c23-20-18(15-7-3-1-4-8-15)19(16-9-5-2-6-10-16)22(20)17-11-13-21-14-12-17/h1-14,18-19H. The molecule has 1 aliphatic heterocycles. The number of carbonyl (C=O) groups excluding carboxylic acids is 1. The highest BCUT2D eigenvalue weighted by Gasteiger charge is 2.49. The highest BCUT2D eigenvalue weighted by atomic mass is 16.2. The lowest BCUT2D eigenvalue weighted by atomic mass is 9.77. The first-order chi connectivity index (χ1) is 11.4. The van der Waals surface area contributed by atoms with E-state index in [2.05, 4.69) is 17.1 Å². The molecule has 0 bridgehead atoms. The van der Waals surface area contributed by atoms with Crippen LogP contribution in [0.4, 0.5) is 5.69 Å². The van der Waals surface area contributed by atoms with E-state index in [0.717, 1.165) is 16.8 Å². The lowest BCUT2D eigenvalue weighted by molar-refractivity contribution is -0.126. The maximum Gasteiger partial charge on any atom is 0.237 e. The number of pyridine rings is 1. The molecule has 112 valence electrons. The van der Waals surface area contributed by atoms with Crippen LogP contribution in [0.25, 0.3) is 0 Å². The third-order valence-corrected chi connectivity index (χ3v) is 4.34. The highest BCUT2D eigenvalue weighted by Crippen LogP contribution is 2.48. The molecule has 23 heavy (non-hydrogen) atoms. The molecule has 4 rings (SSSR count). The molecule has 1 saturated heterocycles. The van der Waals surface area contributed by atoms with Gasteiger partial charge < -0.3 is 4.90 Å². The molecule has 2 heterocycles. The summed E-state index contributed by atoms with van der Waals surface area (Å²) >= 11 is 0. The van der Waals surface area contributed by atoms with Crippen LogP contribution in [0.15, 0.2) is 85.2 Å². The van der Waals surface area contributed by atoms with Crippen LogP contribution >= 0.6 is 0 Å². The Balaban J connectivity index is 1.78. The topological polar surface area (TPSA) is 33.2 Å². The smallest absolute Gasteiger partial charge is 0.237 e. The summed E-state index contributed by atoms with van der Waals surface area (Å²) in [6.07, 6.45) is 3.45. The first-order valence-electron chi connectivity index (χ1n) is 7.69. The zero-order valence-electron chi connectivity index (χ0n) is 12.5. The average Bonchev–Trinajstić information content (AvgIpc) is 2.62. The lowest BCUT2D eigenvalue weighted by Gasteiger charge is -2.47. The third kappa shape index (κ3) is 2.30. The van der Waals surface area contributed by atoms with Gasteiger partial charge in [0.05, 0.1) is 12.0 Å². The summed E-state index contributed by atoms with van der Waals surface area (Å²) in [4.78, 5) is 18.8. The number of anilines is 1. The van der Waals surface area contributed by atoms with Crippen molar-refractivity contribution in [2.45, 2.75) is 12.0 Å². The second-order valence-electron chi connectivity index (χ2n) is 5.66.